The number of fused-ring (bicyclic) bond motifs is 1. The Labute approximate surface area is 161 Å². The topological polar surface area (TPSA) is 41.6 Å². The van der Waals surface area contributed by atoms with E-state index in [1.165, 1.54) is 0 Å². The molecule has 4 heteroatoms. The second-order valence-electron chi connectivity index (χ2n) is 8.05. The Hall–Kier alpha value is -2.33. The van der Waals surface area contributed by atoms with Crippen molar-refractivity contribution in [3.63, 3.8) is 0 Å². The zero-order valence-corrected chi connectivity index (χ0v) is 16.2. The van der Waals surface area contributed by atoms with E-state index < -0.39 is 0 Å². The SMILES string of the molecule is CC(C)N1CCC2(CC1)C[C@H](NC(=O)c1ccccc1)c1ccccc1O2. The van der Waals surface area contributed by atoms with E-state index in [2.05, 4.69) is 30.1 Å². The van der Waals surface area contributed by atoms with Crippen LogP contribution in [0.2, 0.25) is 0 Å². The first-order chi connectivity index (χ1) is 13.1. The van der Waals surface area contributed by atoms with Gasteiger partial charge in [-0.3, -0.25) is 4.79 Å². The first-order valence-electron chi connectivity index (χ1n) is 9.94. The summed E-state index contributed by atoms with van der Waals surface area (Å²) in [7, 11) is 0. The predicted octanol–water partition coefficient (Wildman–Crippen LogP) is 4.18. The van der Waals surface area contributed by atoms with Crippen molar-refractivity contribution < 1.29 is 9.53 Å². The van der Waals surface area contributed by atoms with Crippen LogP contribution in [0.15, 0.2) is 54.6 Å². The molecular weight excluding hydrogens is 336 g/mol. The van der Waals surface area contributed by atoms with Crippen molar-refractivity contribution in [2.24, 2.45) is 0 Å². The predicted molar refractivity (Wildman–Crippen MR) is 107 cm³/mol. The van der Waals surface area contributed by atoms with Gasteiger partial charge in [0.2, 0.25) is 0 Å². The van der Waals surface area contributed by atoms with Gasteiger partial charge in [0.15, 0.2) is 0 Å². The molecule has 1 spiro atoms. The quantitative estimate of drug-likeness (QED) is 0.888. The molecule has 0 aromatic heterocycles. The normalized spacial score (nSPS) is 21.5. The molecule has 4 nitrogen and oxygen atoms in total. The molecule has 2 aromatic carbocycles. The molecule has 1 N–H and O–H groups in total. The third-order valence-electron chi connectivity index (χ3n) is 5.98. The lowest BCUT2D eigenvalue weighted by Crippen LogP contribution is -2.53. The van der Waals surface area contributed by atoms with Crippen molar-refractivity contribution in [3.8, 4) is 5.75 Å². The molecule has 0 aliphatic carbocycles. The summed E-state index contributed by atoms with van der Waals surface area (Å²) in [5, 5.41) is 3.26. The molecule has 1 fully saturated rings. The van der Waals surface area contributed by atoms with Crippen LogP contribution >= 0.6 is 0 Å². The van der Waals surface area contributed by atoms with Gasteiger partial charge >= 0.3 is 0 Å². The maximum absolute atomic E-state index is 12.8. The lowest BCUT2D eigenvalue weighted by Gasteiger charge is -2.47. The minimum Gasteiger partial charge on any atom is -0.487 e. The number of nitrogens with one attached hydrogen (secondary N) is 1. The van der Waals surface area contributed by atoms with Gasteiger partial charge < -0.3 is 15.0 Å². The number of amides is 1. The average Bonchev–Trinajstić information content (AvgIpc) is 2.69. The van der Waals surface area contributed by atoms with E-state index in [4.69, 9.17) is 4.74 Å². The number of likely N-dealkylation sites (tertiary alicyclic amines) is 1. The van der Waals surface area contributed by atoms with Crippen molar-refractivity contribution in [1.82, 2.24) is 10.2 Å². The van der Waals surface area contributed by atoms with E-state index in [0.717, 1.165) is 43.7 Å². The number of para-hydroxylation sites is 1. The van der Waals surface area contributed by atoms with E-state index in [9.17, 15) is 4.79 Å². The summed E-state index contributed by atoms with van der Waals surface area (Å²) < 4.78 is 6.53. The van der Waals surface area contributed by atoms with E-state index in [-0.39, 0.29) is 17.6 Å². The minimum absolute atomic E-state index is 0.0201. The van der Waals surface area contributed by atoms with Gasteiger partial charge in [-0.2, -0.15) is 0 Å². The van der Waals surface area contributed by atoms with Gasteiger partial charge in [0.25, 0.3) is 5.91 Å². The standard InChI is InChI=1S/C23H28N2O2/c1-17(2)25-14-12-23(13-15-25)16-20(19-10-6-7-11-21(19)27-23)24-22(26)18-8-4-3-5-9-18/h3-11,17,20H,12-16H2,1-2H3,(H,24,26)/t20-/m0/s1. The number of ether oxygens (including phenoxy) is 1. The largest absolute Gasteiger partial charge is 0.487 e. The highest BCUT2D eigenvalue weighted by atomic mass is 16.5. The summed E-state index contributed by atoms with van der Waals surface area (Å²) in [5.41, 5.74) is 1.60. The Morgan fingerprint density at radius 3 is 2.44 bits per heavy atom. The van der Waals surface area contributed by atoms with Gasteiger partial charge in [-0.15, -0.1) is 0 Å². The average molecular weight is 364 g/mol. The number of hydrogen-bond acceptors (Lipinski definition) is 3. The summed E-state index contributed by atoms with van der Waals surface area (Å²) >= 11 is 0. The van der Waals surface area contributed by atoms with Crippen LogP contribution < -0.4 is 10.1 Å². The van der Waals surface area contributed by atoms with Crippen LogP contribution in [0.5, 0.6) is 5.75 Å². The minimum atomic E-state index is -0.186. The third kappa shape index (κ3) is 3.72. The number of piperidine rings is 1. The zero-order chi connectivity index (χ0) is 18.9. The second-order valence-corrected chi connectivity index (χ2v) is 8.05. The maximum Gasteiger partial charge on any atom is 0.251 e. The molecule has 1 amide bonds. The maximum atomic E-state index is 12.8. The Bertz CT molecular complexity index is 795. The highest BCUT2D eigenvalue weighted by molar-refractivity contribution is 5.94. The van der Waals surface area contributed by atoms with Crippen molar-refractivity contribution in [2.75, 3.05) is 13.1 Å². The second kappa shape index (κ2) is 7.35. The van der Waals surface area contributed by atoms with Crippen LogP contribution in [-0.2, 0) is 0 Å². The van der Waals surface area contributed by atoms with Crippen molar-refractivity contribution in [3.05, 3.63) is 65.7 Å². The van der Waals surface area contributed by atoms with Crippen LogP contribution in [0.25, 0.3) is 0 Å². The molecule has 0 saturated carbocycles. The fraction of sp³-hybridized carbons (Fsp3) is 0.435. The molecule has 0 radical (unpaired) electrons. The Morgan fingerprint density at radius 1 is 1.07 bits per heavy atom. The highest BCUT2D eigenvalue weighted by Crippen LogP contribution is 2.44. The Kier molecular flexibility index (Phi) is 4.92. The van der Waals surface area contributed by atoms with E-state index >= 15 is 0 Å². The Balaban J connectivity index is 1.57. The third-order valence-corrected chi connectivity index (χ3v) is 5.98. The van der Waals surface area contributed by atoms with Crippen LogP contribution in [0.4, 0.5) is 0 Å². The molecule has 4 rings (SSSR count). The lowest BCUT2D eigenvalue weighted by molar-refractivity contribution is -0.0306. The molecule has 0 bridgehead atoms. The fourth-order valence-corrected chi connectivity index (χ4v) is 4.33. The highest BCUT2D eigenvalue weighted by Gasteiger charge is 2.43. The van der Waals surface area contributed by atoms with Crippen LogP contribution in [0.1, 0.15) is 55.1 Å². The van der Waals surface area contributed by atoms with Crippen LogP contribution in [0.3, 0.4) is 0 Å². The number of hydrogen-bond donors (Lipinski definition) is 1. The first kappa shape index (κ1) is 18.1. The van der Waals surface area contributed by atoms with Crippen molar-refractivity contribution in [2.45, 2.75) is 50.8 Å². The summed E-state index contributed by atoms with van der Waals surface area (Å²) in [5.74, 6) is 0.896. The molecule has 2 heterocycles. The number of nitrogens with zero attached hydrogens (tertiary/aromatic N) is 1. The number of rotatable bonds is 3. The number of benzene rings is 2. The molecular formula is C23H28N2O2. The van der Waals surface area contributed by atoms with E-state index in [1.54, 1.807) is 0 Å². The van der Waals surface area contributed by atoms with Gasteiger partial charge in [-0.1, -0.05) is 36.4 Å². The van der Waals surface area contributed by atoms with E-state index in [1.807, 2.05) is 48.5 Å². The van der Waals surface area contributed by atoms with Gasteiger partial charge in [0.1, 0.15) is 11.4 Å². The smallest absolute Gasteiger partial charge is 0.251 e. The molecule has 1 saturated heterocycles. The summed E-state index contributed by atoms with van der Waals surface area (Å²) in [6, 6.07) is 18.1. The van der Waals surface area contributed by atoms with Gasteiger partial charge in [-0.05, 0) is 44.9 Å². The number of carbonyl (C=O) groups is 1. The van der Waals surface area contributed by atoms with Crippen molar-refractivity contribution in [1.29, 1.82) is 0 Å². The summed E-state index contributed by atoms with van der Waals surface area (Å²) in [4.78, 5) is 15.3. The fourth-order valence-electron chi connectivity index (χ4n) is 4.33. The molecule has 1 atom stereocenters. The van der Waals surface area contributed by atoms with Crippen LogP contribution in [-0.4, -0.2) is 35.5 Å². The first-order valence-corrected chi connectivity index (χ1v) is 9.94. The molecule has 2 aliphatic heterocycles. The van der Waals surface area contributed by atoms with Gasteiger partial charge in [-0.25, -0.2) is 0 Å². The zero-order valence-electron chi connectivity index (χ0n) is 16.2. The Morgan fingerprint density at radius 2 is 1.74 bits per heavy atom. The summed E-state index contributed by atoms with van der Waals surface area (Å²) in [6.07, 6.45) is 2.82. The monoisotopic (exact) mass is 364 g/mol. The summed E-state index contributed by atoms with van der Waals surface area (Å²) in [6.45, 7) is 6.58. The number of carbonyl (C=O) groups excluding carboxylic acids is 1. The molecule has 27 heavy (non-hydrogen) atoms. The molecule has 0 unspecified atom stereocenters. The molecule has 2 aromatic rings. The van der Waals surface area contributed by atoms with Crippen LogP contribution in [0, 0.1) is 0 Å². The lowest BCUT2D eigenvalue weighted by atomic mass is 9.80. The molecule has 2 aliphatic rings. The van der Waals surface area contributed by atoms with E-state index in [0.29, 0.717) is 11.6 Å². The van der Waals surface area contributed by atoms with Gasteiger partial charge in [0.05, 0.1) is 6.04 Å². The molecule has 142 valence electrons. The van der Waals surface area contributed by atoms with Gasteiger partial charge in [0, 0.05) is 36.7 Å². The van der Waals surface area contributed by atoms with Crippen molar-refractivity contribution >= 4 is 5.91 Å².